The second kappa shape index (κ2) is 12.6. The molecule has 1 saturated heterocycles. The summed E-state index contributed by atoms with van der Waals surface area (Å²) in [5.74, 6) is 0.0888. The van der Waals surface area contributed by atoms with Crippen LogP contribution < -0.4 is 15.5 Å². The summed E-state index contributed by atoms with van der Waals surface area (Å²) in [4.78, 5) is 17.5. The zero-order valence-corrected chi connectivity index (χ0v) is 19.7. The van der Waals surface area contributed by atoms with E-state index in [-0.39, 0.29) is 18.0 Å². The third kappa shape index (κ3) is 6.79. The number of nitrogens with one attached hydrogen (secondary N) is 2. The first-order valence-corrected chi connectivity index (χ1v) is 11.8. The summed E-state index contributed by atoms with van der Waals surface area (Å²) in [6.45, 7) is 9.91. The smallest absolute Gasteiger partial charge is 0.237 e. The fourth-order valence-corrected chi connectivity index (χ4v) is 4.39. The largest absolute Gasteiger partial charge is 0.383 e. The number of carbonyl (C=O) groups is 1. The minimum atomic E-state index is -0.130. The van der Waals surface area contributed by atoms with E-state index in [0.717, 1.165) is 39.1 Å². The Balaban J connectivity index is 1.59. The number of nitrogens with zero attached hydrogens (tertiary/aromatic N) is 2. The number of amides is 1. The summed E-state index contributed by atoms with van der Waals surface area (Å²) < 4.78 is 5.08. The zero-order valence-electron chi connectivity index (χ0n) is 19.7. The van der Waals surface area contributed by atoms with Gasteiger partial charge in [0.2, 0.25) is 5.91 Å². The second-order valence-corrected chi connectivity index (χ2v) is 8.37. The molecule has 3 rings (SSSR count). The molecule has 0 unspecified atom stereocenters. The number of ether oxygens (including phenoxy) is 1. The molecule has 1 aliphatic rings. The zero-order chi connectivity index (χ0) is 22.8. The highest BCUT2D eigenvalue weighted by molar-refractivity contribution is 5.82. The molecule has 0 radical (unpaired) electrons. The number of methoxy groups -OCH3 is 1. The Morgan fingerprint density at radius 2 is 1.78 bits per heavy atom. The first kappa shape index (κ1) is 24.2. The summed E-state index contributed by atoms with van der Waals surface area (Å²) in [6.07, 6.45) is 0.809. The van der Waals surface area contributed by atoms with Crippen LogP contribution in [0.2, 0.25) is 0 Å². The average molecular weight is 439 g/mol. The van der Waals surface area contributed by atoms with Gasteiger partial charge in [0.1, 0.15) is 0 Å². The van der Waals surface area contributed by atoms with Crippen molar-refractivity contribution in [2.24, 2.45) is 0 Å². The highest BCUT2D eigenvalue weighted by atomic mass is 16.5. The lowest BCUT2D eigenvalue weighted by molar-refractivity contribution is -0.125. The van der Waals surface area contributed by atoms with Gasteiger partial charge in [-0.1, -0.05) is 42.5 Å². The fourth-order valence-electron chi connectivity index (χ4n) is 4.39. The Kier molecular flexibility index (Phi) is 9.53. The highest BCUT2D eigenvalue weighted by Gasteiger charge is 2.36. The molecule has 0 aliphatic carbocycles. The number of rotatable bonds is 12. The molecule has 0 aromatic heterocycles. The van der Waals surface area contributed by atoms with E-state index in [2.05, 4.69) is 82.8 Å². The number of carbonyl (C=O) groups excluding carboxylic acids is 1. The van der Waals surface area contributed by atoms with E-state index in [1.54, 1.807) is 7.11 Å². The van der Waals surface area contributed by atoms with Gasteiger partial charge in [-0.3, -0.25) is 9.69 Å². The molecule has 2 aromatic carbocycles. The highest BCUT2D eigenvalue weighted by Crippen LogP contribution is 2.22. The Morgan fingerprint density at radius 1 is 1.06 bits per heavy atom. The first-order chi connectivity index (χ1) is 15.6. The maximum Gasteiger partial charge on any atom is 0.237 e. The van der Waals surface area contributed by atoms with Gasteiger partial charge in [0.15, 0.2) is 0 Å². The minimum absolute atomic E-state index is 0.0888. The predicted octanol–water partition coefficient (Wildman–Crippen LogP) is 3.03. The number of benzene rings is 2. The second-order valence-electron chi connectivity index (χ2n) is 8.37. The Hall–Kier alpha value is -2.41. The summed E-state index contributed by atoms with van der Waals surface area (Å²) in [6, 6.07) is 19.3. The molecule has 0 bridgehead atoms. The quantitative estimate of drug-likeness (QED) is 0.499. The lowest BCUT2D eigenvalue weighted by Gasteiger charge is -2.23. The monoisotopic (exact) mass is 438 g/mol. The molecule has 1 heterocycles. The van der Waals surface area contributed by atoms with Crippen molar-refractivity contribution in [1.29, 1.82) is 0 Å². The molecule has 2 N–H and O–H groups in total. The standard InChI is InChI=1S/C26H38N4O2/c1-4-29(5-2)24-13-11-21(12-14-24)18-28-23-17-25(26(31)27-15-16-32-3)30(20-23)19-22-9-7-6-8-10-22/h6-14,23,25,28H,4-5,15-20H2,1-3H3,(H,27,31)/t23-,25-/m0/s1. The summed E-state index contributed by atoms with van der Waals surface area (Å²) >= 11 is 0. The Labute approximate surface area is 192 Å². The molecular weight excluding hydrogens is 400 g/mol. The number of anilines is 1. The topological polar surface area (TPSA) is 56.8 Å². The SMILES string of the molecule is CCN(CC)c1ccc(CN[C@H]2C[C@@H](C(=O)NCCOC)N(Cc3ccccc3)C2)cc1. The van der Waals surface area contributed by atoms with Crippen LogP contribution in [0, 0.1) is 0 Å². The molecule has 6 nitrogen and oxygen atoms in total. The average Bonchev–Trinajstić information content (AvgIpc) is 3.23. The van der Waals surface area contributed by atoms with E-state index >= 15 is 0 Å². The number of hydrogen-bond donors (Lipinski definition) is 2. The van der Waals surface area contributed by atoms with Crippen molar-refractivity contribution in [3.8, 4) is 0 Å². The molecule has 1 fully saturated rings. The van der Waals surface area contributed by atoms with Crippen molar-refractivity contribution >= 4 is 11.6 Å². The van der Waals surface area contributed by atoms with Crippen LogP contribution in [0.4, 0.5) is 5.69 Å². The van der Waals surface area contributed by atoms with Crippen LogP contribution in [0.25, 0.3) is 0 Å². The maximum absolute atomic E-state index is 12.9. The van der Waals surface area contributed by atoms with Crippen molar-refractivity contribution in [3.63, 3.8) is 0 Å². The first-order valence-electron chi connectivity index (χ1n) is 11.8. The van der Waals surface area contributed by atoms with Crippen molar-refractivity contribution < 1.29 is 9.53 Å². The molecule has 174 valence electrons. The van der Waals surface area contributed by atoms with Crippen molar-refractivity contribution in [3.05, 3.63) is 65.7 Å². The van der Waals surface area contributed by atoms with Crippen LogP contribution in [0.3, 0.4) is 0 Å². The van der Waals surface area contributed by atoms with E-state index in [0.29, 0.717) is 13.2 Å². The van der Waals surface area contributed by atoms with E-state index in [9.17, 15) is 4.79 Å². The van der Waals surface area contributed by atoms with E-state index in [1.165, 1.54) is 16.8 Å². The number of likely N-dealkylation sites (tertiary alicyclic amines) is 1. The van der Waals surface area contributed by atoms with Gasteiger partial charge in [0, 0.05) is 58.1 Å². The van der Waals surface area contributed by atoms with Crippen LogP contribution in [0.1, 0.15) is 31.4 Å². The lowest BCUT2D eigenvalue weighted by atomic mass is 10.1. The predicted molar refractivity (Wildman–Crippen MR) is 131 cm³/mol. The van der Waals surface area contributed by atoms with Crippen LogP contribution in [0.5, 0.6) is 0 Å². The summed E-state index contributed by atoms with van der Waals surface area (Å²) in [7, 11) is 1.65. The molecule has 32 heavy (non-hydrogen) atoms. The summed E-state index contributed by atoms with van der Waals surface area (Å²) in [5, 5.41) is 6.71. The van der Waals surface area contributed by atoms with Crippen molar-refractivity contribution in [1.82, 2.24) is 15.5 Å². The molecule has 0 saturated carbocycles. The third-order valence-electron chi connectivity index (χ3n) is 6.20. The van der Waals surface area contributed by atoms with Crippen LogP contribution in [-0.2, 0) is 22.6 Å². The van der Waals surface area contributed by atoms with Gasteiger partial charge in [-0.15, -0.1) is 0 Å². The van der Waals surface area contributed by atoms with Gasteiger partial charge in [0.05, 0.1) is 12.6 Å². The van der Waals surface area contributed by atoms with Gasteiger partial charge in [-0.05, 0) is 43.5 Å². The van der Waals surface area contributed by atoms with Gasteiger partial charge < -0.3 is 20.3 Å². The lowest BCUT2D eigenvalue weighted by Crippen LogP contribution is -2.43. The van der Waals surface area contributed by atoms with Crippen LogP contribution in [0.15, 0.2) is 54.6 Å². The molecule has 0 spiro atoms. The van der Waals surface area contributed by atoms with Gasteiger partial charge >= 0.3 is 0 Å². The molecule has 2 atom stereocenters. The normalized spacial score (nSPS) is 18.6. The van der Waals surface area contributed by atoms with Crippen LogP contribution in [-0.4, -0.2) is 62.8 Å². The van der Waals surface area contributed by atoms with Crippen LogP contribution >= 0.6 is 0 Å². The molecule has 1 aliphatic heterocycles. The molecule has 6 heteroatoms. The van der Waals surface area contributed by atoms with Crippen molar-refractivity contribution in [2.45, 2.75) is 45.4 Å². The fraction of sp³-hybridized carbons (Fsp3) is 0.500. The molecular formula is C26H38N4O2. The minimum Gasteiger partial charge on any atom is -0.383 e. The van der Waals surface area contributed by atoms with Crippen molar-refractivity contribution in [2.75, 3.05) is 44.8 Å². The Bertz CT molecular complexity index is 808. The summed E-state index contributed by atoms with van der Waals surface area (Å²) in [5.41, 5.74) is 3.76. The van der Waals surface area contributed by atoms with E-state index < -0.39 is 0 Å². The number of hydrogen-bond acceptors (Lipinski definition) is 5. The third-order valence-corrected chi connectivity index (χ3v) is 6.20. The van der Waals surface area contributed by atoms with Gasteiger partial charge in [-0.25, -0.2) is 0 Å². The Morgan fingerprint density at radius 3 is 2.44 bits per heavy atom. The maximum atomic E-state index is 12.9. The van der Waals surface area contributed by atoms with Gasteiger partial charge in [0.25, 0.3) is 0 Å². The van der Waals surface area contributed by atoms with E-state index in [1.807, 2.05) is 6.07 Å². The van der Waals surface area contributed by atoms with E-state index in [4.69, 9.17) is 4.74 Å². The molecule has 2 aromatic rings. The molecule has 1 amide bonds. The van der Waals surface area contributed by atoms with Gasteiger partial charge in [-0.2, -0.15) is 0 Å².